The largest absolute Gasteiger partial charge is 0.506 e. The molecule has 0 fully saturated rings. The smallest absolute Gasteiger partial charge is 0.266 e. The first-order chi connectivity index (χ1) is 16.3. The molecular formula is C26H17ClN2O4S. The fraction of sp³-hybridized carbons (Fsp3) is 0.0385. The van der Waals surface area contributed by atoms with Gasteiger partial charge in [0.15, 0.2) is 0 Å². The van der Waals surface area contributed by atoms with E-state index in [0.717, 1.165) is 20.1 Å². The molecule has 0 atom stereocenters. The van der Waals surface area contributed by atoms with E-state index < -0.39 is 11.8 Å². The average molecular weight is 489 g/mol. The maximum atomic E-state index is 13.4. The van der Waals surface area contributed by atoms with E-state index >= 15 is 0 Å². The Morgan fingerprint density at radius 1 is 0.912 bits per heavy atom. The van der Waals surface area contributed by atoms with Crippen LogP contribution in [-0.4, -0.2) is 22.8 Å². The van der Waals surface area contributed by atoms with E-state index in [1.807, 2.05) is 36.4 Å². The van der Waals surface area contributed by atoms with E-state index in [0.29, 0.717) is 27.2 Å². The second-order valence-electron chi connectivity index (χ2n) is 7.70. The molecule has 2 N–H and O–H groups in total. The van der Waals surface area contributed by atoms with Gasteiger partial charge in [0.05, 0.1) is 11.4 Å². The van der Waals surface area contributed by atoms with Crippen LogP contribution >= 0.6 is 23.4 Å². The highest BCUT2D eigenvalue weighted by Gasteiger charge is 2.35. The quantitative estimate of drug-likeness (QED) is 0.338. The number of halogens is 1. The van der Waals surface area contributed by atoms with Crippen molar-refractivity contribution in [2.75, 3.05) is 10.2 Å². The van der Waals surface area contributed by atoms with Crippen molar-refractivity contribution >= 4 is 63.2 Å². The lowest BCUT2D eigenvalue weighted by Crippen LogP contribution is -2.40. The van der Waals surface area contributed by atoms with Crippen molar-refractivity contribution in [3.05, 3.63) is 88.9 Å². The third-order valence-electron chi connectivity index (χ3n) is 5.46. The summed E-state index contributed by atoms with van der Waals surface area (Å²) in [6.45, 7) is 1.45. The first-order valence-corrected chi connectivity index (χ1v) is 11.5. The van der Waals surface area contributed by atoms with Crippen molar-refractivity contribution in [1.29, 1.82) is 0 Å². The van der Waals surface area contributed by atoms with Gasteiger partial charge < -0.3 is 10.4 Å². The lowest BCUT2D eigenvalue weighted by atomic mass is 9.93. The molecule has 5 rings (SSSR count). The predicted octanol–water partition coefficient (Wildman–Crippen LogP) is 6.11. The van der Waals surface area contributed by atoms with Gasteiger partial charge in [0, 0.05) is 38.3 Å². The number of benzene rings is 4. The van der Waals surface area contributed by atoms with E-state index in [-0.39, 0.29) is 17.3 Å². The van der Waals surface area contributed by atoms with Gasteiger partial charge in [0.1, 0.15) is 5.75 Å². The predicted molar refractivity (Wildman–Crippen MR) is 133 cm³/mol. The number of anilines is 2. The molecule has 6 nitrogen and oxygen atoms in total. The zero-order valence-electron chi connectivity index (χ0n) is 17.8. The Morgan fingerprint density at radius 2 is 1.65 bits per heavy atom. The van der Waals surface area contributed by atoms with E-state index in [1.54, 1.807) is 18.2 Å². The minimum Gasteiger partial charge on any atom is -0.506 e. The minimum absolute atomic E-state index is 0.0350. The third kappa shape index (κ3) is 3.69. The summed E-state index contributed by atoms with van der Waals surface area (Å²) in [5, 5.41) is 14.7. The number of phenolic OH excluding ortho intramolecular Hbond substituents is 1. The molecule has 0 unspecified atom stereocenters. The number of carbonyl (C=O) groups excluding carboxylic acids is 3. The maximum absolute atomic E-state index is 13.4. The molecular weight excluding hydrogens is 472 g/mol. The first kappa shape index (κ1) is 22.0. The number of rotatable bonds is 4. The second-order valence-corrected chi connectivity index (χ2v) is 9.22. The van der Waals surface area contributed by atoms with E-state index in [2.05, 4.69) is 5.32 Å². The van der Waals surface area contributed by atoms with Crippen molar-refractivity contribution in [3.8, 4) is 5.75 Å². The number of hydrogen-bond acceptors (Lipinski definition) is 5. The first-order valence-electron chi connectivity index (χ1n) is 10.3. The number of amides is 3. The molecule has 1 aliphatic rings. The number of imide groups is 1. The van der Waals surface area contributed by atoms with Crippen LogP contribution in [0.4, 0.5) is 11.4 Å². The van der Waals surface area contributed by atoms with Gasteiger partial charge in [0.2, 0.25) is 5.91 Å². The SMILES string of the molecule is CC(=O)Nc1ccccc1Sc1ccc2c3c(cccc13)C(=O)N(c1cc(Cl)ccc1O)C2=O. The standard InChI is InChI=1S/C26H17ClN2O4S/c1-14(30)28-19-7-2-3-8-23(19)34-22-12-10-18-24-16(22)5-4-6-17(24)25(32)29(26(18)33)20-13-15(27)9-11-21(20)31/h2-13,31H,1H3,(H,28,30). The second kappa shape index (κ2) is 8.52. The van der Waals surface area contributed by atoms with Gasteiger partial charge in [-0.05, 0) is 53.9 Å². The van der Waals surface area contributed by atoms with E-state index in [9.17, 15) is 19.5 Å². The number of hydrogen-bond donors (Lipinski definition) is 2. The van der Waals surface area contributed by atoms with Crippen LogP contribution in [0.5, 0.6) is 5.75 Å². The number of carbonyl (C=O) groups is 3. The Labute approximate surface area is 204 Å². The van der Waals surface area contributed by atoms with Gasteiger partial charge in [-0.15, -0.1) is 0 Å². The van der Waals surface area contributed by atoms with Crippen molar-refractivity contribution in [2.24, 2.45) is 0 Å². The van der Waals surface area contributed by atoms with Crippen LogP contribution in [0.15, 0.2) is 82.6 Å². The van der Waals surface area contributed by atoms with Crippen LogP contribution in [0.1, 0.15) is 27.6 Å². The van der Waals surface area contributed by atoms with E-state index in [4.69, 9.17) is 11.6 Å². The van der Waals surface area contributed by atoms with Crippen LogP contribution in [0.2, 0.25) is 5.02 Å². The highest BCUT2D eigenvalue weighted by Crippen LogP contribution is 2.42. The summed E-state index contributed by atoms with van der Waals surface area (Å²) in [5.74, 6) is -1.48. The molecule has 1 aliphatic heterocycles. The molecule has 0 aromatic heterocycles. The molecule has 0 aliphatic carbocycles. The number of para-hydroxylation sites is 1. The van der Waals surface area contributed by atoms with Gasteiger partial charge >= 0.3 is 0 Å². The number of nitrogens with one attached hydrogen (secondary N) is 1. The summed E-state index contributed by atoms with van der Waals surface area (Å²) in [6.07, 6.45) is 0. The van der Waals surface area contributed by atoms with Crippen LogP contribution in [0.25, 0.3) is 10.8 Å². The fourth-order valence-electron chi connectivity index (χ4n) is 4.02. The minimum atomic E-state index is -0.540. The number of nitrogens with zero attached hydrogens (tertiary/aromatic N) is 1. The van der Waals surface area contributed by atoms with Crippen molar-refractivity contribution in [1.82, 2.24) is 0 Å². The van der Waals surface area contributed by atoms with Crippen LogP contribution in [-0.2, 0) is 4.79 Å². The average Bonchev–Trinajstić information content (AvgIpc) is 2.81. The molecule has 8 heteroatoms. The zero-order valence-corrected chi connectivity index (χ0v) is 19.4. The Morgan fingerprint density at radius 3 is 2.41 bits per heavy atom. The number of aromatic hydroxyl groups is 1. The fourth-order valence-corrected chi connectivity index (χ4v) is 5.22. The van der Waals surface area contributed by atoms with Gasteiger partial charge in [-0.2, -0.15) is 0 Å². The highest BCUT2D eigenvalue weighted by atomic mass is 35.5. The molecule has 3 amide bonds. The monoisotopic (exact) mass is 488 g/mol. The van der Waals surface area contributed by atoms with Gasteiger partial charge in [0.25, 0.3) is 11.8 Å². The molecule has 0 spiro atoms. The summed E-state index contributed by atoms with van der Waals surface area (Å²) in [6, 6.07) is 20.4. The Hall–Kier alpha value is -3.81. The topological polar surface area (TPSA) is 86.7 Å². The van der Waals surface area contributed by atoms with E-state index in [1.165, 1.54) is 36.9 Å². The summed E-state index contributed by atoms with van der Waals surface area (Å²) in [5.41, 5.74) is 1.41. The summed E-state index contributed by atoms with van der Waals surface area (Å²) < 4.78 is 0. The molecule has 168 valence electrons. The lowest BCUT2D eigenvalue weighted by Gasteiger charge is -2.28. The summed E-state index contributed by atoms with van der Waals surface area (Å²) >= 11 is 7.50. The molecule has 4 aromatic carbocycles. The Kier molecular flexibility index (Phi) is 5.51. The lowest BCUT2D eigenvalue weighted by molar-refractivity contribution is -0.114. The highest BCUT2D eigenvalue weighted by molar-refractivity contribution is 7.99. The Bertz CT molecular complexity index is 1500. The molecule has 1 heterocycles. The van der Waals surface area contributed by atoms with Gasteiger partial charge in [-0.3, -0.25) is 14.4 Å². The van der Waals surface area contributed by atoms with Gasteiger partial charge in [-0.1, -0.05) is 47.6 Å². The molecule has 0 saturated heterocycles. The normalized spacial score (nSPS) is 12.8. The number of phenols is 1. The van der Waals surface area contributed by atoms with Crippen molar-refractivity contribution in [2.45, 2.75) is 16.7 Å². The molecule has 34 heavy (non-hydrogen) atoms. The maximum Gasteiger partial charge on any atom is 0.266 e. The third-order valence-corrected chi connectivity index (χ3v) is 6.85. The summed E-state index contributed by atoms with van der Waals surface area (Å²) in [7, 11) is 0. The van der Waals surface area contributed by atoms with Gasteiger partial charge in [-0.25, -0.2) is 4.90 Å². The van der Waals surface area contributed by atoms with Crippen molar-refractivity contribution in [3.63, 3.8) is 0 Å². The molecule has 0 saturated carbocycles. The molecule has 0 radical (unpaired) electrons. The summed E-state index contributed by atoms with van der Waals surface area (Å²) in [4.78, 5) is 41.1. The van der Waals surface area contributed by atoms with Crippen LogP contribution in [0, 0.1) is 0 Å². The molecule has 0 bridgehead atoms. The van der Waals surface area contributed by atoms with Crippen LogP contribution in [0.3, 0.4) is 0 Å². The van der Waals surface area contributed by atoms with Crippen LogP contribution < -0.4 is 10.2 Å². The zero-order chi connectivity index (χ0) is 24.0. The molecule has 4 aromatic rings. The Balaban J connectivity index is 1.63. The van der Waals surface area contributed by atoms with Crippen molar-refractivity contribution < 1.29 is 19.5 Å².